The highest BCUT2D eigenvalue weighted by Gasteiger charge is 2.28. The molecule has 0 saturated carbocycles. The fourth-order valence-corrected chi connectivity index (χ4v) is 4.24. The van der Waals surface area contributed by atoms with E-state index in [-0.39, 0.29) is 5.75 Å². The molecule has 0 aromatic heterocycles. The lowest BCUT2D eigenvalue weighted by atomic mass is 10.2. The van der Waals surface area contributed by atoms with Gasteiger partial charge in [-0.1, -0.05) is 0 Å². The van der Waals surface area contributed by atoms with Crippen molar-refractivity contribution in [2.24, 2.45) is 0 Å². The van der Waals surface area contributed by atoms with Gasteiger partial charge in [-0.3, -0.25) is 4.90 Å². The maximum atomic E-state index is 12.1. The van der Waals surface area contributed by atoms with E-state index in [2.05, 4.69) is 4.90 Å². The van der Waals surface area contributed by atoms with Gasteiger partial charge < -0.3 is 9.47 Å². The van der Waals surface area contributed by atoms with Crippen LogP contribution in [0.15, 0.2) is 0 Å². The van der Waals surface area contributed by atoms with Gasteiger partial charge in [-0.15, -0.1) is 0 Å². The first-order chi connectivity index (χ1) is 9.62. The van der Waals surface area contributed by atoms with Crippen molar-refractivity contribution in [3.8, 4) is 0 Å². The minimum absolute atomic E-state index is 0.187. The Labute approximate surface area is 122 Å². The van der Waals surface area contributed by atoms with E-state index in [1.54, 1.807) is 11.4 Å². The lowest BCUT2D eigenvalue weighted by Gasteiger charge is -2.35. The number of hydrogen-bond acceptors (Lipinski definition) is 5. The van der Waals surface area contributed by atoms with Crippen LogP contribution in [0.2, 0.25) is 0 Å². The van der Waals surface area contributed by atoms with E-state index in [0.29, 0.717) is 32.2 Å². The predicted molar refractivity (Wildman–Crippen MR) is 77.3 cm³/mol. The van der Waals surface area contributed by atoms with Gasteiger partial charge in [0.25, 0.3) is 0 Å². The molecule has 0 spiro atoms. The molecule has 2 saturated heterocycles. The zero-order chi connectivity index (χ0) is 14.4. The molecule has 2 rings (SSSR count). The molecule has 0 bridgehead atoms. The molecule has 7 heteroatoms. The largest absolute Gasteiger partial charge is 0.385 e. The molecule has 0 aliphatic carbocycles. The summed E-state index contributed by atoms with van der Waals surface area (Å²) >= 11 is 0. The Balaban J connectivity index is 1.72. The lowest BCUT2D eigenvalue weighted by Crippen LogP contribution is -2.50. The van der Waals surface area contributed by atoms with Crippen molar-refractivity contribution in [3.05, 3.63) is 0 Å². The van der Waals surface area contributed by atoms with Gasteiger partial charge in [0.15, 0.2) is 0 Å². The van der Waals surface area contributed by atoms with Crippen LogP contribution < -0.4 is 0 Å². The Bertz CT molecular complexity index is 374. The van der Waals surface area contributed by atoms with Crippen LogP contribution in [-0.4, -0.2) is 82.5 Å². The molecule has 6 nitrogen and oxygen atoms in total. The lowest BCUT2D eigenvalue weighted by molar-refractivity contribution is 0.0617. The first-order valence-electron chi connectivity index (χ1n) is 7.42. The number of sulfonamides is 1. The smallest absolute Gasteiger partial charge is 0.214 e. The normalized spacial score (nSPS) is 26.1. The number of methoxy groups -OCH3 is 1. The first kappa shape index (κ1) is 16.2. The van der Waals surface area contributed by atoms with Crippen LogP contribution in [0.5, 0.6) is 0 Å². The third kappa shape index (κ3) is 4.66. The van der Waals surface area contributed by atoms with Crippen molar-refractivity contribution in [2.45, 2.75) is 25.4 Å². The summed E-state index contributed by atoms with van der Waals surface area (Å²) in [6.07, 6.45) is 3.20. The van der Waals surface area contributed by atoms with E-state index in [4.69, 9.17) is 9.47 Å². The summed E-state index contributed by atoms with van der Waals surface area (Å²) in [7, 11) is -1.52. The molecule has 0 aromatic rings. The summed E-state index contributed by atoms with van der Waals surface area (Å²) in [5.74, 6) is 0.187. The molecule has 1 atom stereocenters. The van der Waals surface area contributed by atoms with Gasteiger partial charge in [-0.25, -0.2) is 8.42 Å². The average Bonchev–Trinajstić information content (AvgIpc) is 2.92. The van der Waals surface area contributed by atoms with Crippen LogP contribution in [-0.2, 0) is 19.5 Å². The zero-order valence-electron chi connectivity index (χ0n) is 12.3. The standard InChI is InChI=1S/C13H26N2O4S/c1-18-9-3-11-20(16,17)15-7-5-14(6-8-15)12-13-4-2-10-19-13/h13H,2-12H2,1H3. The van der Waals surface area contributed by atoms with Crippen molar-refractivity contribution in [2.75, 3.05) is 58.8 Å². The maximum absolute atomic E-state index is 12.1. The predicted octanol–water partition coefficient (Wildman–Crippen LogP) is 0.149. The van der Waals surface area contributed by atoms with E-state index < -0.39 is 10.0 Å². The minimum Gasteiger partial charge on any atom is -0.385 e. The molecule has 2 fully saturated rings. The van der Waals surface area contributed by atoms with E-state index in [9.17, 15) is 8.42 Å². The van der Waals surface area contributed by atoms with Crippen molar-refractivity contribution in [1.29, 1.82) is 0 Å². The molecular formula is C13H26N2O4S. The van der Waals surface area contributed by atoms with Gasteiger partial charge in [-0.2, -0.15) is 4.31 Å². The van der Waals surface area contributed by atoms with Gasteiger partial charge in [0.05, 0.1) is 11.9 Å². The highest BCUT2D eigenvalue weighted by atomic mass is 32.2. The van der Waals surface area contributed by atoms with Gasteiger partial charge in [-0.05, 0) is 19.3 Å². The van der Waals surface area contributed by atoms with Gasteiger partial charge in [0.1, 0.15) is 0 Å². The first-order valence-corrected chi connectivity index (χ1v) is 9.03. The number of rotatable bonds is 7. The van der Waals surface area contributed by atoms with E-state index in [0.717, 1.165) is 39.1 Å². The van der Waals surface area contributed by atoms with Gasteiger partial charge in [0.2, 0.25) is 10.0 Å². The summed E-state index contributed by atoms with van der Waals surface area (Å²) in [5, 5.41) is 0. The molecule has 2 heterocycles. The Morgan fingerprint density at radius 1 is 1.25 bits per heavy atom. The topological polar surface area (TPSA) is 59.1 Å². The molecule has 0 radical (unpaired) electrons. The SMILES string of the molecule is COCCCS(=O)(=O)N1CCN(CC2CCCO2)CC1. The Hall–Kier alpha value is -0.210. The second-order valence-corrected chi connectivity index (χ2v) is 7.59. The van der Waals surface area contributed by atoms with Crippen molar-refractivity contribution < 1.29 is 17.9 Å². The Morgan fingerprint density at radius 3 is 2.60 bits per heavy atom. The monoisotopic (exact) mass is 306 g/mol. The zero-order valence-corrected chi connectivity index (χ0v) is 13.1. The van der Waals surface area contributed by atoms with Crippen LogP contribution in [0.4, 0.5) is 0 Å². The molecule has 0 amide bonds. The maximum Gasteiger partial charge on any atom is 0.214 e. The van der Waals surface area contributed by atoms with Crippen molar-refractivity contribution in [1.82, 2.24) is 9.21 Å². The number of piperazine rings is 1. The van der Waals surface area contributed by atoms with E-state index in [1.807, 2.05) is 0 Å². The van der Waals surface area contributed by atoms with Crippen LogP contribution >= 0.6 is 0 Å². The summed E-state index contributed by atoms with van der Waals surface area (Å²) in [6, 6.07) is 0. The molecule has 2 aliphatic heterocycles. The highest BCUT2D eigenvalue weighted by Crippen LogP contribution is 2.15. The second kappa shape index (κ2) is 7.70. The minimum atomic E-state index is -3.11. The fraction of sp³-hybridized carbons (Fsp3) is 1.00. The van der Waals surface area contributed by atoms with Crippen molar-refractivity contribution in [3.63, 3.8) is 0 Å². The van der Waals surface area contributed by atoms with E-state index in [1.165, 1.54) is 0 Å². The molecule has 0 aromatic carbocycles. The van der Waals surface area contributed by atoms with Crippen LogP contribution in [0, 0.1) is 0 Å². The van der Waals surface area contributed by atoms with Gasteiger partial charge >= 0.3 is 0 Å². The van der Waals surface area contributed by atoms with E-state index >= 15 is 0 Å². The quantitative estimate of drug-likeness (QED) is 0.627. The molecule has 0 N–H and O–H groups in total. The molecule has 118 valence electrons. The van der Waals surface area contributed by atoms with Crippen molar-refractivity contribution >= 4 is 10.0 Å². The third-order valence-corrected chi connectivity index (χ3v) is 5.92. The summed E-state index contributed by atoms with van der Waals surface area (Å²) in [4.78, 5) is 2.32. The molecule has 1 unspecified atom stereocenters. The molecule has 2 aliphatic rings. The average molecular weight is 306 g/mol. The highest BCUT2D eigenvalue weighted by molar-refractivity contribution is 7.89. The van der Waals surface area contributed by atoms with Crippen LogP contribution in [0.25, 0.3) is 0 Å². The Kier molecular flexibility index (Phi) is 6.22. The third-order valence-electron chi connectivity index (χ3n) is 3.96. The summed E-state index contributed by atoms with van der Waals surface area (Å²) < 4.78 is 36.4. The summed E-state index contributed by atoms with van der Waals surface area (Å²) in [5.41, 5.74) is 0. The van der Waals surface area contributed by atoms with Crippen LogP contribution in [0.1, 0.15) is 19.3 Å². The molecular weight excluding hydrogens is 280 g/mol. The Morgan fingerprint density at radius 2 is 2.00 bits per heavy atom. The fourth-order valence-electron chi connectivity index (χ4n) is 2.78. The van der Waals surface area contributed by atoms with Gasteiger partial charge in [0, 0.05) is 53.0 Å². The number of hydrogen-bond donors (Lipinski definition) is 0. The molecule has 20 heavy (non-hydrogen) atoms. The second-order valence-electron chi connectivity index (χ2n) is 5.50. The number of ether oxygens (including phenoxy) is 2. The summed E-state index contributed by atoms with van der Waals surface area (Å²) in [6.45, 7) is 5.13. The van der Waals surface area contributed by atoms with Crippen LogP contribution in [0.3, 0.4) is 0 Å². The number of nitrogens with zero attached hydrogens (tertiary/aromatic N) is 2.